The number of methoxy groups -OCH3 is 1. The van der Waals surface area contributed by atoms with Gasteiger partial charge in [-0.05, 0) is 66.0 Å². The Morgan fingerprint density at radius 3 is 2.48 bits per heavy atom. The molecule has 2 rings (SSSR count). The van der Waals surface area contributed by atoms with Gasteiger partial charge in [0.05, 0.1) is 17.1 Å². The van der Waals surface area contributed by atoms with E-state index in [1.54, 1.807) is 6.07 Å². The molecule has 0 aromatic heterocycles. The highest BCUT2D eigenvalue weighted by molar-refractivity contribution is 9.11. The topological polar surface area (TPSA) is 87.7 Å². The maximum absolute atomic E-state index is 12.9. The highest BCUT2D eigenvalue weighted by atomic mass is 79.9. The van der Waals surface area contributed by atoms with Crippen LogP contribution in [0.1, 0.15) is 40.7 Å². The van der Waals surface area contributed by atoms with Gasteiger partial charge in [-0.1, -0.05) is 52.7 Å². The van der Waals surface area contributed by atoms with Crippen molar-refractivity contribution in [3.8, 4) is 5.75 Å². The normalized spacial score (nSPS) is 11.7. The van der Waals surface area contributed by atoms with Gasteiger partial charge in [-0.3, -0.25) is 4.79 Å². The number of halogens is 2. The second-order valence-corrected chi connectivity index (χ2v) is 8.85. The highest BCUT2D eigenvalue weighted by Crippen LogP contribution is 2.37. The summed E-state index contributed by atoms with van der Waals surface area (Å²) in [5.41, 5.74) is 1.88. The number of amides is 1. The van der Waals surface area contributed by atoms with E-state index in [9.17, 15) is 14.7 Å². The molecule has 0 heterocycles. The second kappa shape index (κ2) is 12.8. The lowest BCUT2D eigenvalue weighted by Gasteiger charge is -2.18. The lowest BCUT2D eigenvalue weighted by molar-refractivity contribution is -0.142. The van der Waals surface area contributed by atoms with Crippen LogP contribution in [0.2, 0.25) is 0 Å². The van der Waals surface area contributed by atoms with Crippen molar-refractivity contribution in [3.63, 3.8) is 0 Å². The zero-order valence-corrected chi connectivity index (χ0v) is 20.9. The molecule has 1 amide bonds. The number of benzene rings is 2. The molecule has 8 heteroatoms. The fraction of sp³-hybridized carbons (Fsp3) is 0.391. The Balaban J connectivity index is 2.16. The van der Waals surface area contributed by atoms with Crippen molar-refractivity contribution in [2.24, 2.45) is 0 Å². The minimum atomic E-state index is -0.872. The van der Waals surface area contributed by atoms with Gasteiger partial charge in [0.15, 0.2) is 0 Å². The zero-order valence-electron chi connectivity index (χ0n) is 17.7. The van der Waals surface area contributed by atoms with Gasteiger partial charge in [0.1, 0.15) is 11.8 Å². The molecular formula is C23H28Br2N2O4. The third-order valence-corrected chi connectivity index (χ3v) is 6.52. The summed E-state index contributed by atoms with van der Waals surface area (Å²) in [6.45, 7) is 0.969. The average Bonchev–Trinajstić information content (AvgIpc) is 2.77. The van der Waals surface area contributed by atoms with E-state index in [4.69, 9.17) is 4.74 Å². The number of carbonyl (C=O) groups is 2. The molecule has 0 aliphatic carbocycles. The van der Waals surface area contributed by atoms with Crippen LogP contribution in [-0.4, -0.2) is 43.7 Å². The molecule has 6 nitrogen and oxygen atoms in total. The van der Waals surface area contributed by atoms with Gasteiger partial charge in [0.2, 0.25) is 0 Å². The molecule has 2 aromatic carbocycles. The monoisotopic (exact) mass is 554 g/mol. The van der Waals surface area contributed by atoms with Crippen LogP contribution >= 0.6 is 31.9 Å². The molecule has 3 N–H and O–H groups in total. The summed E-state index contributed by atoms with van der Waals surface area (Å²) in [5.74, 6) is -1.24. The predicted octanol–water partition coefficient (Wildman–Crippen LogP) is 4.36. The van der Waals surface area contributed by atoms with Gasteiger partial charge in [-0.25, -0.2) is 4.79 Å². The lowest BCUT2D eigenvalue weighted by atomic mass is 10.0. The summed E-state index contributed by atoms with van der Waals surface area (Å²) in [4.78, 5) is 25.1. The maximum atomic E-state index is 12.9. The van der Waals surface area contributed by atoms with Gasteiger partial charge in [-0.15, -0.1) is 0 Å². The number of ether oxygens (including phenoxy) is 1. The van der Waals surface area contributed by atoms with E-state index in [-0.39, 0.29) is 17.7 Å². The standard InChI is InChI=1S/C23H28Br2N2O4/c1-26-12-8-4-7-11-16-18(24)14-17(21(28)20(16)25)22(29)27-19(23(30)31-2)13-15-9-5-3-6-10-15/h3,5-6,9-10,14,19,26,28H,4,7-8,11-13H2,1-2H3,(H,27,29)/t19-/m0/s1. The Morgan fingerprint density at radius 1 is 1.13 bits per heavy atom. The van der Waals surface area contributed by atoms with E-state index in [2.05, 4.69) is 42.5 Å². The SMILES string of the molecule is CNCCCCCc1c(Br)cc(C(=O)N[C@@H](Cc2ccccc2)C(=O)OC)c(O)c1Br. The fourth-order valence-electron chi connectivity index (χ4n) is 3.25. The molecule has 0 fully saturated rings. The van der Waals surface area contributed by atoms with Crippen molar-refractivity contribution in [2.45, 2.75) is 38.1 Å². The van der Waals surface area contributed by atoms with Gasteiger partial charge < -0.3 is 20.5 Å². The zero-order chi connectivity index (χ0) is 22.8. The van der Waals surface area contributed by atoms with Crippen LogP contribution in [0.25, 0.3) is 0 Å². The Kier molecular flexibility index (Phi) is 10.5. The third kappa shape index (κ3) is 7.33. The minimum Gasteiger partial charge on any atom is -0.506 e. The Morgan fingerprint density at radius 2 is 1.84 bits per heavy atom. The van der Waals surface area contributed by atoms with E-state index in [1.807, 2.05) is 37.4 Å². The number of hydrogen-bond acceptors (Lipinski definition) is 5. The van der Waals surface area contributed by atoms with Gasteiger partial charge in [0.25, 0.3) is 5.91 Å². The number of phenolic OH excluding ortho intramolecular Hbond substituents is 1. The number of rotatable bonds is 11. The van der Waals surface area contributed by atoms with Crippen LogP contribution < -0.4 is 10.6 Å². The van der Waals surface area contributed by atoms with Crippen molar-refractivity contribution in [1.82, 2.24) is 10.6 Å². The summed E-state index contributed by atoms with van der Waals surface area (Å²) in [6, 6.07) is 10.1. The van der Waals surface area contributed by atoms with Gasteiger partial charge in [0, 0.05) is 10.9 Å². The first-order valence-corrected chi connectivity index (χ1v) is 11.7. The van der Waals surface area contributed by atoms with Crippen molar-refractivity contribution in [3.05, 3.63) is 62.0 Å². The summed E-state index contributed by atoms with van der Waals surface area (Å²) >= 11 is 6.95. The van der Waals surface area contributed by atoms with Crippen LogP contribution in [0, 0.1) is 0 Å². The highest BCUT2D eigenvalue weighted by Gasteiger charge is 2.26. The summed E-state index contributed by atoms with van der Waals surface area (Å²) < 4.78 is 6.07. The number of nitrogens with one attached hydrogen (secondary N) is 2. The van der Waals surface area contributed by atoms with E-state index < -0.39 is 17.9 Å². The molecule has 0 radical (unpaired) electrons. The number of carbonyl (C=O) groups excluding carboxylic acids is 2. The van der Waals surface area contributed by atoms with E-state index >= 15 is 0 Å². The fourth-order valence-corrected chi connectivity index (χ4v) is 4.77. The first kappa shape index (κ1) is 25.4. The molecule has 0 saturated heterocycles. The van der Waals surface area contributed by atoms with Crippen molar-refractivity contribution in [2.75, 3.05) is 20.7 Å². The Labute approximate surface area is 200 Å². The summed E-state index contributed by atoms with van der Waals surface area (Å²) in [7, 11) is 3.21. The maximum Gasteiger partial charge on any atom is 0.328 e. The average molecular weight is 556 g/mol. The Bertz CT molecular complexity index is 891. The number of unbranched alkanes of at least 4 members (excludes halogenated alkanes) is 2. The molecule has 0 aliphatic rings. The van der Waals surface area contributed by atoms with Crippen molar-refractivity contribution in [1.29, 1.82) is 0 Å². The quantitative estimate of drug-likeness (QED) is 0.283. The molecule has 31 heavy (non-hydrogen) atoms. The molecule has 0 spiro atoms. The van der Waals surface area contributed by atoms with E-state index in [1.165, 1.54) is 7.11 Å². The second-order valence-electron chi connectivity index (χ2n) is 7.20. The van der Waals surface area contributed by atoms with Crippen LogP contribution in [-0.2, 0) is 22.4 Å². The molecule has 0 unspecified atom stereocenters. The molecule has 1 atom stereocenters. The van der Waals surface area contributed by atoms with E-state index in [0.717, 1.165) is 47.8 Å². The number of aromatic hydroxyl groups is 1. The molecule has 0 aliphatic heterocycles. The summed E-state index contributed by atoms with van der Waals surface area (Å²) in [5, 5.41) is 16.5. The Hall–Kier alpha value is -1.90. The van der Waals surface area contributed by atoms with Crippen LogP contribution in [0.3, 0.4) is 0 Å². The molecular weight excluding hydrogens is 528 g/mol. The molecule has 168 valence electrons. The van der Waals surface area contributed by atoms with E-state index in [0.29, 0.717) is 4.47 Å². The number of esters is 1. The van der Waals surface area contributed by atoms with Gasteiger partial charge >= 0.3 is 5.97 Å². The first-order valence-electron chi connectivity index (χ1n) is 10.2. The van der Waals surface area contributed by atoms with Crippen molar-refractivity contribution < 1.29 is 19.4 Å². The first-order chi connectivity index (χ1) is 14.9. The van der Waals surface area contributed by atoms with Crippen LogP contribution in [0.15, 0.2) is 45.3 Å². The molecule has 0 saturated carbocycles. The third-order valence-electron chi connectivity index (χ3n) is 4.96. The largest absolute Gasteiger partial charge is 0.506 e. The molecule has 2 aromatic rings. The lowest BCUT2D eigenvalue weighted by Crippen LogP contribution is -2.43. The van der Waals surface area contributed by atoms with Crippen LogP contribution in [0.5, 0.6) is 5.75 Å². The van der Waals surface area contributed by atoms with Crippen LogP contribution in [0.4, 0.5) is 0 Å². The smallest absolute Gasteiger partial charge is 0.328 e. The minimum absolute atomic E-state index is 0.0830. The summed E-state index contributed by atoms with van der Waals surface area (Å²) in [6.07, 6.45) is 4.15. The van der Waals surface area contributed by atoms with Crippen molar-refractivity contribution >= 4 is 43.7 Å². The number of phenols is 1. The van der Waals surface area contributed by atoms with Gasteiger partial charge in [-0.2, -0.15) is 0 Å². The molecule has 0 bridgehead atoms. The predicted molar refractivity (Wildman–Crippen MR) is 128 cm³/mol. The number of hydrogen-bond donors (Lipinski definition) is 3.